The lowest BCUT2D eigenvalue weighted by Gasteiger charge is -2.37. The zero-order chi connectivity index (χ0) is 14.5. The number of rotatable bonds is 7. The summed E-state index contributed by atoms with van der Waals surface area (Å²) in [6.07, 6.45) is 2.71. The molecular weight excluding hydrogens is 242 g/mol. The first kappa shape index (κ1) is 15.7. The summed E-state index contributed by atoms with van der Waals surface area (Å²) in [7, 11) is 5.31. The Morgan fingerprint density at radius 2 is 2.05 bits per heavy atom. The second-order valence-corrected chi connectivity index (χ2v) is 4.90. The first-order valence-corrected chi connectivity index (χ1v) is 6.49. The van der Waals surface area contributed by atoms with E-state index in [1.165, 1.54) is 0 Å². The molecule has 5 nitrogen and oxygen atoms in total. The van der Waals surface area contributed by atoms with Crippen molar-refractivity contribution in [1.29, 1.82) is 0 Å². The van der Waals surface area contributed by atoms with Crippen molar-refractivity contribution in [3.05, 3.63) is 18.0 Å². The van der Waals surface area contributed by atoms with E-state index in [1.54, 1.807) is 26.5 Å². The molecule has 2 N–H and O–H groups in total. The van der Waals surface area contributed by atoms with Gasteiger partial charge in [0.05, 0.1) is 14.2 Å². The normalized spacial score (nSPS) is 14.3. The van der Waals surface area contributed by atoms with Gasteiger partial charge in [0.1, 0.15) is 5.69 Å². The minimum atomic E-state index is -0.0459. The molecule has 0 amide bonds. The van der Waals surface area contributed by atoms with Crippen LogP contribution in [0, 0.1) is 0 Å². The molecule has 1 rings (SSSR count). The van der Waals surface area contributed by atoms with E-state index < -0.39 is 0 Å². The van der Waals surface area contributed by atoms with E-state index in [-0.39, 0.29) is 5.54 Å². The topological polar surface area (TPSA) is 60.6 Å². The van der Waals surface area contributed by atoms with Crippen molar-refractivity contribution in [2.45, 2.75) is 32.4 Å². The highest BCUT2D eigenvalue weighted by atomic mass is 16.5. The molecule has 1 heterocycles. The Labute approximate surface area is 115 Å². The molecular formula is C14H25N3O2. The van der Waals surface area contributed by atoms with Gasteiger partial charge in [-0.05, 0) is 20.4 Å². The SMILES string of the molecule is CCC(C)(CN)N(C)Cc1nccc(OC)c1OC. The minimum Gasteiger partial charge on any atom is -0.493 e. The predicted molar refractivity (Wildman–Crippen MR) is 76.6 cm³/mol. The van der Waals surface area contributed by atoms with Gasteiger partial charge in [0.2, 0.25) is 0 Å². The van der Waals surface area contributed by atoms with Gasteiger partial charge in [-0.3, -0.25) is 9.88 Å². The zero-order valence-corrected chi connectivity index (χ0v) is 12.6. The predicted octanol–water partition coefficient (Wildman–Crippen LogP) is 1.66. The van der Waals surface area contributed by atoms with Crippen LogP contribution in [0.15, 0.2) is 12.3 Å². The zero-order valence-electron chi connectivity index (χ0n) is 12.6. The Bertz CT molecular complexity index is 406. The van der Waals surface area contributed by atoms with Crippen LogP contribution in [0.25, 0.3) is 0 Å². The Kier molecular flexibility index (Phi) is 5.57. The number of hydrogen-bond acceptors (Lipinski definition) is 5. The van der Waals surface area contributed by atoms with Crippen molar-refractivity contribution in [1.82, 2.24) is 9.88 Å². The lowest BCUT2D eigenvalue weighted by atomic mass is 9.97. The van der Waals surface area contributed by atoms with Crippen molar-refractivity contribution < 1.29 is 9.47 Å². The summed E-state index contributed by atoms with van der Waals surface area (Å²) in [6, 6.07) is 1.80. The molecule has 0 aliphatic rings. The highest BCUT2D eigenvalue weighted by molar-refractivity contribution is 5.42. The van der Waals surface area contributed by atoms with E-state index in [0.717, 1.165) is 12.1 Å². The van der Waals surface area contributed by atoms with E-state index in [2.05, 4.69) is 30.8 Å². The summed E-state index contributed by atoms with van der Waals surface area (Å²) in [5.74, 6) is 1.39. The van der Waals surface area contributed by atoms with Crippen LogP contribution in [0.4, 0.5) is 0 Å². The largest absolute Gasteiger partial charge is 0.493 e. The van der Waals surface area contributed by atoms with Gasteiger partial charge < -0.3 is 15.2 Å². The fraction of sp³-hybridized carbons (Fsp3) is 0.643. The molecule has 1 aromatic rings. The lowest BCUT2D eigenvalue weighted by molar-refractivity contribution is 0.128. The highest BCUT2D eigenvalue weighted by Gasteiger charge is 2.27. The van der Waals surface area contributed by atoms with Crippen LogP contribution in [0.3, 0.4) is 0 Å². The number of pyridine rings is 1. The molecule has 108 valence electrons. The van der Waals surface area contributed by atoms with E-state index in [4.69, 9.17) is 15.2 Å². The monoisotopic (exact) mass is 267 g/mol. The molecule has 1 unspecified atom stereocenters. The lowest BCUT2D eigenvalue weighted by Crippen LogP contribution is -2.48. The number of nitrogens with two attached hydrogens (primary N) is 1. The summed E-state index contributed by atoms with van der Waals surface area (Å²) in [5, 5.41) is 0. The van der Waals surface area contributed by atoms with Gasteiger partial charge in [0.15, 0.2) is 11.5 Å². The van der Waals surface area contributed by atoms with Crippen LogP contribution >= 0.6 is 0 Å². The molecule has 0 spiro atoms. The minimum absolute atomic E-state index is 0.0459. The quantitative estimate of drug-likeness (QED) is 0.814. The van der Waals surface area contributed by atoms with Gasteiger partial charge in [0, 0.05) is 30.9 Å². The standard InChI is InChI=1S/C14H25N3O2/c1-6-14(2,10-15)17(3)9-11-13(19-5)12(18-4)7-8-16-11/h7-8H,6,9-10,15H2,1-5H3. The van der Waals surface area contributed by atoms with Gasteiger partial charge in [-0.2, -0.15) is 0 Å². The summed E-state index contributed by atoms with van der Waals surface area (Å²) >= 11 is 0. The molecule has 1 atom stereocenters. The molecule has 0 aliphatic heterocycles. The Balaban J connectivity index is 2.99. The Morgan fingerprint density at radius 3 is 2.53 bits per heavy atom. The average Bonchev–Trinajstić information content (AvgIpc) is 2.45. The third-order valence-corrected chi connectivity index (χ3v) is 3.88. The van der Waals surface area contributed by atoms with Crippen LogP contribution in [0.2, 0.25) is 0 Å². The number of hydrogen-bond donors (Lipinski definition) is 1. The van der Waals surface area contributed by atoms with Crippen LogP contribution in [0.1, 0.15) is 26.0 Å². The van der Waals surface area contributed by atoms with Crippen LogP contribution in [0.5, 0.6) is 11.5 Å². The van der Waals surface area contributed by atoms with Crippen molar-refractivity contribution in [3.8, 4) is 11.5 Å². The number of nitrogens with zero attached hydrogens (tertiary/aromatic N) is 2. The van der Waals surface area contributed by atoms with Gasteiger partial charge >= 0.3 is 0 Å². The molecule has 19 heavy (non-hydrogen) atoms. The highest BCUT2D eigenvalue weighted by Crippen LogP contribution is 2.31. The molecule has 0 bridgehead atoms. The summed E-state index contributed by atoms with van der Waals surface area (Å²) < 4.78 is 10.7. The van der Waals surface area contributed by atoms with Crippen LogP contribution in [-0.2, 0) is 6.54 Å². The van der Waals surface area contributed by atoms with E-state index in [9.17, 15) is 0 Å². The fourth-order valence-corrected chi connectivity index (χ4v) is 1.95. The van der Waals surface area contributed by atoms with Gasteiger partial charge in [-0.1, -0.05) is 6.92 Å². The average molecular weight is 267 g/mol. The second kappa shape index (κ2) is 6.73. The molecule has 1 aromatic heterocycles. The summed E-state index contributed by atoms with van der Waals surface area (Å²) in [4.78, 5) is 6.60. The summed E-state index contributed by atoms with van der Waals surface area (Å²) in [6.45, 7) is 5.56. The maximum absolute atomic E-state index is 5.88. The van der Waals surface area contributed by atoms with Gasteiger partial charge in [-0.25, -0.2) is 0 Å². The first-order valence-electron chi connectivity index (χ1n) is 6.49. The van der Waals surface area contributed by atoms with E-state index >= 15 is 0 Å². The maximum Gasteiger partial charge on any atom is 0.183 e. The van der Waals surface area contributed by atoms with Crippen molar-refractivity contribution >= 4 is 0 Å². The number of likely N-dealkylation sites (N-methyl/N-ethyl adjacent to an activating group) is 1. The third kappa shape index (κ3) is 3.36. The molecule has 0 saturated carbocycles. The summed E-state index contributed by atoms with van der Waals surface area (Å²) in [5.41, 5.74) is 6.69. The second-order valence-electron chi connectivity index (χ2n) is 4.90. The first-order chi connectivity index (χ1) is 9.02. The van der Waals surface area contributed by atoms with E-state index in [0.29, 0.717) is 24.6 Å². The van der Waals surface area contributed by atoms with Crippen molar-refractivity contribution in [3.63, 3.8) is 0 Å². The Morgan fingerprint density at radius 1 is 1.37 bits per heavy atom. The number of methoxy groups -OCH3 is 2. The van der Waals surface area contributed by atoms with Crippen LogP contribution in [-0.4, -0.2) is 43.2 Å². The maximum atomic E-state index is 5.88. The number of ether oxygens (including phenoxy) is 2. The fourth-order valence-electron chi connectivity index (χ4n) is 1.95. The third-order valence-electron chi connectivity index (χ3n) is 3.88. The molecule has 0 radical (unpaired) electrons. The van der Waals surface area contributed by atoms with E-state index in [1.807, 2.05) is 0 Å². The van der Waals surface area contributed by atoms with Gasteiger partial charge in [-0.15, -0.1) is 0 Å². The number of aromatic nitrogens is 1. The smallest absolute Gasteiger partial charge is 0.183 e. The van der Waals surface area contributed by atoms with Crippen molar-refractivity contribution in [2.75, 3.05) is 27.8 Å². The Hall–Kier alpha value is -1.33. The van der Waals surface area contributed by atoms with Crippen LogP contribution < -0.4 is 15.2 Å². The molecule has 0 saturated heterocycles. The molecule has 0 aliphatic carbocycles. The molecule has 0 fully saturated rings. The van der Waals surface area contributed by atoms with Gasteiger partial charge in [0.25, 0.3) is 0 Å². The van der Waals surface area contributed by atoms with Crippen molar-refractivity contribution in [2.24, 2.45) is 5.73 Å². The molecule has 5 heteroatoms. The molecule has 0 aromatic carbocycles.